The van der Waals surface area contributed by atoms with E-state index in [1.54, 1.807) is 7.11 Å². The number of methoxy groups -OCH3 is 1. The zero-order chi connectivity index (χ0) is 15.9. The largest absolute Gasteiger partial charge is 0.497 e. The third-order valence-electron chi connectivity index (χ3n) is 3.51. The molecule has 0 N–H and O–H groups in total. The fourth-order valence-electron chi connectivity index (χ4n) is 2.15. The van der Waals surface area contributed by atoms with Gasteiger partial charge in [0.1, 0.15) is 16.5 Å². The molecular formula is C17H22N2O2S. The van der Waals surface area contributed by atoms with Crippen LogP contribution in [0.4, 0.5) is 0 Å². The van der Waals surface area contributed by atoms with Crippen LogP contribution in [0.25, 0.3) is 10.6 Å². The van der Waals surface area contributed by atoms with Gasteiger partial charge in [-0.15, -0.1) is 11.3 Å². The standard InChI is InChI=1S/C17H22N2O2S/c1-4-6-11-19(5-2)17(20)15-12-22-16(18-15)13-7-9-14(21-3)10-8-13/h7-10,12H,4-6,11H2,1-3H3. The number of benzene rings is 1. The van der Waals surface area contributed by atoms with Gasteiger partial charge in [0.25, 0.3) is 5.91 Å². The molecule has 0 saturated heterocycles. The van der Waals surface area contributed by atoms with Crippen LogP contribution in [0.5, 0.6) is 5.75 Å². The van der Waals surface area contributed by atoms with Crippen molar-refractivity contribution in [2.45, 2.75) is 26.7 Å². The summed E-state index contributed by atoms with van der Waals surface area (Å²) in [6.07, 6.45) is 2.10. The molecule has 0 aliphatic carbocycles. The number of aromatic nitrogens is 1. The Morgan fingerprint density at radius 2 is 2.00 bits per heavy atom. The molecule has 1 aromatic heterocycles. The maximum absolute atomic E-state index is 12.5. The van der Waals surface area contributed by atoms with Gasteiger partial charge in [0, 0.05) is 24.0 Å². The number of ether oxygens (including phenoxy) is 1. The fraction of sp³-hybridized carbons (Fsp3) is 0.412. The van der Waals surface area contributed by atoms with Crippen molar-refractivity contribution >= 4 is 17.2 Å². The molecule has 0 saturated carbocycles. The number of hydrogen-bond acceptors (Lipinski definition) is 4. The molecule has 0 fully saturated rings. The van der Waals surface area contributed by atoms with Crippen LogP contribution < -0.4 is 4.74 Å². The first kappa shape index (κ1) is 16.5. The summed E-state index contributed by atoms with van der Waals surface area (Å²) in [5.74, 6) is 0.834. The lowest BCUT2D eigenvalue weighted by Gasteiger charge is -2.19. The van der Waals surface area contributed by atoms with Crippen LogP contribution in [0.1, 0.15) is 37.2 Å². The molecule has 4 nitrogen and oxygen atoms in total. The molecule has 2 aromatic rings. The average molecular weight is 318 g/mol. The maximum Gasteiger partial charge on any atom is 0.273 e. The van der Waals surface area contributed by atoms with Crippen molar-refractivity contribution in [3.8, 4) is 16.3 Å². The first-order valence-corrected chi connectivity index (χ1v) is 8.46. The zero-order valence-electron chi connectivity index (χ0n) is 13.3. The second kappa shape index (κ2) is 7.94. The van der Waals surface area contributed by atoms with Crippen molar-refractivity contribution in [2.24, 2.45) is 0 Å². The van der Waals surface area contributed by atoms with Crippen LogP contribution in [0.3, 0.4) is 0 Å². The summed E-state index contributed by atoms with van der Waals surface area (Å²) in [5.41, 5.74) is 1.54. The Hall–Kier alpha value is -1.88. The number of amides is 1. The maximum atomic E-state index is 12.5. The van der Waals surface area contributed by atoms with E-state index < -0.39 is 0 Å². The van der Waals surface area contributed by atoms with E-state index in [0.29, 0.717) is 12.2 Å². The summed E-state index contributed by atoms with van der Waals surface area (Å²) in [7, 11) is 1.64. The molecule has 0 radical (unpaired) electrons. The molecule has 1 heterocycles. The normalized spacial score (nSPS) is 10.5. The lowest BCUT2D eigenvalue weighted by molar-refractivity contribution is 0.0757. The van der Waals surface area contributed by atoms with Crippen molar-refractivity contribution in [3.63, 3.8) is 0 Å². The molecule has 0 bridgehead atoms. The summed E-state index contributed by atoms with van der Waals surface area (Å²) in [5, 5.41) is 2.70. The average Bonchev–Trinajstić information content (AvgIpc) is 3.05. The van der Waals surface area contributed by atoms with Gasteiger partial charge in [0.2, 0.25) is 0 Å². The summed E-state index contributed by atoms with van der Waals surface area (Å²) in [4.78, 5) is 18.8. The fourth-order valence-corrected chi connectivity index (χ4v) is 2.95. The Labute approximate surface area is 135 Å². The summed E-state index contributed by atoms with van der Waals surface area (Å²) in [6, 6.07) is 7.72. The molecule has 0 spiro atoms. The minimum absolute atomic E-state index is 0.0203. The second-order valence-corrected chi connectivity index (χ2v) is 5.86. The van der Waals surface area contributed by atoms with Gasteiger partial charge in [-0.1, -0.05) is 13.3 Å². The third kappa shape index (κ3) is 3.85. The SMILES string of the molecule is CCCCN(CC)C(=O)c1csc(-c2ccc(OC)cc2)n1. The molecule has 2 rings (SSSR count). The van der Waals surface area contributed by atoms with Crippen molar-refractivity contribution in [2.75, 3.05) is 20.2 Å². The van der Waals surface area contributed by atoms with E-state index in [2.05, 4.69) is 11.9 Å². The molecule has 118 valence electrons. The van der Waals surface area contributed by atoms with Gasteiger partial charge < -0.3 is 9.64 Å². The van der Waals surface area contributed by atoms with Gasteiger partial charge in [-0.05, 0) is 37.6 Å². The number of rotatable bonds is 7. The number of unbranched alkanes of at least 4 members (excludes halogenated alkanes) is 1. The van der Waals surface area contributed by atoms with E-state index in [0.717, 1.165) is 35.7 Å². The van der Waals surface area contributed by atoms with Crippen LogP contribution in [0, 0.1) is 0 Å². The molecule has 0 aliphatic heterocycles. The molecular weight excluding hydrogens is 296 g/mol. The Bertz CT molecular complexity index is 607. The number of carbonyl (C=O) groups excluding carboxylic acids is 1. The van der Waals surface area contributed by atoms with Crippen LogP contribution >= 0.6 is 11.3 Å². The molecule has 0 atom stereocenters. The zero-order valence-corrected chi connectivity index (χ0v) is 14.2. The summed E-state index contributed by atoms with van der Waals surface area (Å²) < 4.78 is 5.15. The first-order valence-electron chi connectivity index (χ1n) is 7.58. The minimum atomic E-state index is 0.0203. The lowest BCUT2D eigenvalue weighted by Crippen LogP contribution is -2.31. The van der Waals surface area contributed by atoms with E-state index in [1.807, 2.05) is 41.5 Å². The second-order valence-electron chi connectivity index (χ2n) is 5.00. The predicted molar refractivity (Wildman–Crippen MR) is 90.6 cm³/mol. The highest BCUT2D eigenvalue weighted by Crippen LogP contribution is 2.26. The van der Waals surface area contributed by atoms with E-state index in [-0.39, 0.29) is 5.91 Å². The lowest BCUT2D eigenvalue weighted by atomic mass is 10.2. The first-order chi connectivity index (χ1) is 10.7. The highest BCUT2D eigenvalue weighted by atomic mass is 32.1. The topological polar surface area (TPSA) is 42.4 Å². The monoisotopic (exact) mass is 318 g/mol. The molecule has 5 heteroatoms. The van der Waals surface area contributed by atoms with Gasteiger partial charge in [-0.2, -0.15) is 0 Å². The van der Waals surface area contributed by atoms with Gasteiger partial charge in [-0.25, -0.2) is 4.98 Å². The Morgan fingerprint density at radius 1 is 1.27 bits per heavy atom. The van der Waals surface area contributed by atoms with Crippen molar-refractivity contribution in [3.05, 3.63) is 35.3 Å². The highest BCUT2D eigenvalue weighted by Gasteiger charge is 2.17. The van der Waals surface area contributed by atoms with Gasteiger partial charge >= 0.3 is 0 Å². The van der Waals surface area contributed by atoms with Crippen molar-refractivity contribution in [1.82, 2.24) is 9.88 Å². The highest BCUT2D eigenvalue weighted by molar-refractivity contribution is 7.13. The van der Waals surface area contributed by atoms with E-state index in [9.17, 15) is 4.79 Å². The van der Waals surface area contributed by atoms with Crippen LogP contribution in [0.2, 0.25) is 0 Å². The molecule has 22 heavy (non-hydrogen) atoms. The third-order valence-corrected chi connectivity index (χ3v) is 4.40. The number of nitrogens with zero attached hydrogens (tertiary/aromatic N) is 2. The molecule has 0 aliphatic rings. The number of thiazole rings is 1. The van der Waals surface area contributed by atoms with Gasteiger partial charge in [0.15, 0.2) is 0 Å². The number of hydrogen-bond donors (Lipinski definition) is 0. The van der Waals surface area contributed by atoms with Crippen molar-refractivity contribution in [1.29, 1.82) is 0 Å². The van der Waals surface area contributed by atoms with Crippen LogP contribution in [-0.2, 0) is 0 Å². The number of carbonyl (C=O) groups is 1. The predicted octanol–water partition coefficient (Wildman–Crippen LogP) is 4.08. The summed E-state index contributed by atoms with van der Waals surface area (Å²) in [6.45, 7) is 5.64. The Kier molecular flexibility index (Phi) is 5.95. The van der Waals surface area contributed by atoms with E-state index in [1.165, 1.54) is 11.3 Å². The van der Waals surface area contributed by atoms with Crippen LogP contribution in [-0.4, -0.2) is 36.0 Å². The Morgan fingerprint density at radius 3 is 2.59 bits per heavy atom. The van der Waals surface area contributed by atoms with Gasteiger partial charge in [-0.3, -0.25) is 4.79 Å². The quantitative estimate of drug-likeness (QED) is 0.772. The summed E-state index contributed by atoms with van der Waals surface area (Å²) >= 11 is 1.50. The Balaban J connectivity index is 2.13. The van der Waals surface area contributed by atoms with E-state index in [4.69, 9.17) is 4.74 Å². The van der Waals surface area contributed by atoms with Crippen LogP contribution in [0.15, 0.2) is 29.6 Å². The van der Waals surface area contributed by atoms with E-state index >= 15 is 0 Å². The van der Waals surface area contributed by atoms with Crippen molar-refractivity contribution < 1.29 is 9.53 Å². The molecule has 0 unspecified atom stereocenters. The molecule has 1 aromatic carbocycles. The minimum Gasteiger partial charge on any atom is -0.497 e. The smallest absolute Gasteiger partial charge is 0.273 e. The molecule has 1 amide bonds. The van der Waals surface area contributed by atoms with Gasteiger partial charge in [0.05, 0.1) is 7.11 Å².